The summed E-state index contributed by atoms with van der Waals surface area (Å²) in [6.45, 7) is 2.07. The molecular formula is C8H10OS. The highest BCUT2D eigenvalue weighted by Gasteiger charge is 1.95. The Kier molecular flexibility index (Phi) is 2.22. The molecule has 1 aromatic rings. The van der Waals surface area contributed by atoms with Gasteiger partial charge in [0.1, 0.15) is 5.75 Å². The smallest absolute Gasteiger partial charge is 0.128 e. The van der Waals surface area contributed by atoms with E-state index < -0.39 is 0 Å². The highest BCUT2D eigenvalue weighted by molar-refractivity contribution is 7.80. The van der Waals surface area contributed by atoms with Crippen LogP contribution in [0.25, 0.3) is 0 Å². The van der Waals surface area contributed by atoms with Crippen LogP contribution in [0.4, 0.5) is 0 Å². The molecule has 10 heavy (non-hydrogen) atoms. The molecule has 54 valence electrons. The van der Waals surface area contributed by atoms with Gasteiger partial charge in [-0.05, 0) is 24.1 Å². The van der Waals surface area contributed by atoms with Crippen LogP contribution in [0.2, 0.25) is 0 Å². The van der Waals surface area contributed by atoms with Gasteiger partial charge >= 0.3 is 0 Å². The second-order valence-electron chi connectivity index (χ2n) is 2.18. The number of hydrogen-bond donors (Lipinski definition) is 2. The molecular weight excluding hydrogens is 144 g/mol. The van der Waals surface area contributed by atoms with E-state index in [1.165, 1.54) is 5.56 Å². The van der Waals surface area contributed by atoms with E-state index in [9.17, 15) is 0 Å². The first-order valence-electron chi connectivity index (χ1n) is 3.25. The average Bonchev–Trinajstić information content (AvgIpc) is 1.95. The maximum Gasteiger partial charge on any atom is 0.128 e. The van der Waals surface area contributed by atoms with Crippen LogP contribution in [-0.2, 0) is 6.42 Å². The first kappa shape index (κ1) is 7.48. The molecule has 0 aliphatic heterocycles. The summed E-state index contributed by atoms with van der Waals surface area (Å²) in [5.41, 5.74) is 1.20. The normalized spacial score (nSPS) is 9.80. The minimum absolute atomic E-state index is 0.250. The van der Waals surface area contributed by atoms with Crippen molar-refractivity contribution in [2.75, 3.05) is 0 Å². The van der Waals surface area contributed by atoms with Gasteiger partial charge in [-0.15, -0.1) is 12.6 Å². The number of benzene rings is 1. The molecule has 0 fully saturated rings. The van der Waals surface area contributed by atoms with Gasteiger partial charge in [0.05, 0.1) is 0 Å². The number of phenolic OH excluding ortho intramolecular Hbond substituents is 1. The fraction of sp³-hybridized carbons (Fsp3) is 0.250. The summed E-state index contributed by atoms with van der Waals surface area (Å²) in [5, 5.41) is 9.06. The van der Waals surface area contributed by atoms with E-state index in [4.69, 9.17) is 5.11 Å². The number of phenols is 1. The van der Waals surface area contributed by atoms with Crippen LogP contribution in [0.1, 0.15) is 12.5 Å². The predicted molar refractivity (Wildman–Crippen MR) is 44.7 cm³/mol. The first-order chi connectivity index (χ1) is 4.74. The molecule has 0 spiro atoms. The molecule has 0 amide bonds. The molecule has 2 heteroatoms. The van der Waals surface area contributed by atoms with Gasteiger partial charge in [-0.2, -0.15) is 0 Å². The number of rotatable bonds is 1. The van der Waals surface area contributed by atoms with Crippen LogP contribution in [-0.4, -0.2) is 5.11 Å². The van der Waals surface area contributed by atoms with Gasteiger partial charge in [0, 0.05) is 4.90 Å². The van der Waals surface area contributed by atoms with Gasteiger partial charge in [0.25, 0.3) is 0 Å². The quantitative estimate of drug-likeness (QED) is 0.594. The van der Waals surface area contributed by atoms with Gasteiger partial charge < -0.3 is 5.11 Å². The third-order valence-corrected chi connectivity index (χ3v) is 1.81. The van der Waals surface area contributed by atoms with Crippen molar-refractivity contribution in [3.05, 3.63) is 23.8 Å². The maximum absolute atomic E-state index is 9.06. The van der Waals surface area contributed by atoms with Crippen LogP contribution in [0.5, 0.6) is 5.75 Å². The molecule has 1 N–H and O–H groups in total. The fourth-order valence-corrected chi connectivity index (χ4v) is 1.03. The van der Waals surface area contributed by atoms with Gasteiger partial charge in [0.15, 0.2) is 0 Å². The third kappa shape index (κ3) is 1.45. The summed E-state index contributed by atoms with van der Waals surface area (Å²) in [4.78, 5) is 0.652. The summed E-state index contributed by atoms with van der Waals surface area (Å²) in [6, 6.07) is 5.44. The Balaban J connectivity index is 3.04. The average molecular weight is 154 g/mol. The van der Waals surface area contributed by atoms with Crippen molar-refractivity contribution < 1.29 is 5.11 Å². The van der Waals surface area contributed by atoms with Crippen molar-refractivity contribution in [2.45, 2.75) is 18.2 Å². The van der Waals surface area contributed by atoms with Crippen LogP contribution in [0.15, 0.2) is 23.1 Å². The van der Waals surface area contributed by atoms with E-state index in [0.717, 1.165) is 6.42 Å². The van der Waals surface area contributed by atoms with Crippen molar-refractivity contribution in [3.8, 4) is 5.75 Å². The number of hydrogen-bond acceptors (Lipinski definition) is 2. The fourth-order valence-electron chi connectivity index (χ4n) is 0.789. The highest BCUT2D eigenvalue weighted by Crippen LogP contribution is 2.21. The van der Waals surface area contributed by atoms with E-state index in [-0.39, 0.29) is 5.75 Å². The van der Waals surface area contributed by atoms with E-state index in [1.807, 2.05) is 12.1 Å². The standard InChI is InChI=1S/C8H10OS/c1-2-6-3-4-7(9)8(10)5-6/h3-5,9-10H,2H2,1H3. The highest BCUT2D eigenvalue weighted by atomic mass is 32.1. The predicted octanol–water partition coefficient (Wildman–Crippen LogP) is 2.24. The third-order valence-electron chi connectivity index (χ3n) is 1.45. The SMILES string of the molecule is CCc1ccc(O)c(S)c1. The summed E-state index contributed by atoms with van der Waals surface area (Å²) in [7, 11) is 0. The summed E-state index contributed by atoms with van der Waals surface area (Å²) >= 11 is 4.07. The van der Waals surface area contributed by atoms with Gasteiger partial charge in [-0.1, -0.05) is 13.0 Å². The Labute approximate surface area is 66.1 Å². The summed E-state index contributed by atoms with van der Waals surface area (Å²) in [6.07, 6.45) is 0.980. The lowest BCUT2D eigenvalue weighted by molar-refractivity contribution is 0.462. The molecule has 0 aliphatic rings. The van der Waals surface area contributed by atoms with Crippen LogP contribution < -0.4 is 0 Å². The summed E-state index contributed by atoms with van der Waals surface area (Å²) in [5.74, 6) is 0.250. The Morgan fingerprint density at radius 1 is 1.50 bits per heavy atom. The Hall–Kier alpha value is -0.630. The zero-order chi connectivity index (χ0) is 7.56. The zero-order valence-corrected chi connectivity index (χ0v) is 6.73. The van der Waals surface area contributed by atoms with E-state index in [2.05, 4.69) is 19.6 Å². The topological polar surface area (TPSA) is 20.2 Å². The lowest BCUT2D eigenvalue weighted by atomic mass is 10.2. The molecule has 0 saturated heterocycles. The van der Waals surface area contributed by atoms with Crippen molar-refractivity contribution in [1.82, 2.24) is 0 Å². The Morgan fingerprint density at radius 3 is 2.70 bits per heavy atom. The minimum atomic E-state index is 0.250. The second-order valence-corrected chi connectivity index (χ2v) is 2.66. The van der Waals surface area contributed by atoms with E-state index in [1.54, 1.807) is 6.07 Å². The van der Waals surface area contributed by atoms with Crippen LogP contribution in [0, 0.1) is 0 Å². The Morgan fingerprint density at radius 2 is 2.20 bits per heavy atom. The molecule has 0 atom stereocenters. The molecule has 0 bridgehead atoms. The molecule has 0 aliphatic carbocycles. The van der Waals surface area contributed by atoms with Crippen LogP contribution in [0.3, 0.4) is 0 Å². The monoisotopic (exact) mass is 154 g/mol. The Bertz CT molecular complexity index is 233. The molecule has 0 saturated carbocycles. The molecule has 0 radical (unpaired) electrons. The van der Waals surface area contributed by atoms with Gasteiger partial charge in [-0.25, -0.2) is 0 Å². The first-order valence-corrected chi connectivity index (χ1v) is 3.69. The molecule has 0 unspecified atom stereocenters. The number of aromatic hydroxyl groups is 1. The van der Waals surface area contributed by atoms with Gasteiger partial charge in [-0.3, -0.25) is 0 Å². The molecule has 1 aromatic carbocycles. The van der Waals surface area contributed by atoms with E-state index >= 15 is 0 Å². The molecule has 1 nitrogen and oxygen atoms in total. The lowest BCUT2D eigenvalue weighted by Crippen LogP contribution is -1.78. The van der Waals surface area contributed by atoms with Crippen molar-refractivity contribution in [3.63, 3.8) is 0 Å². The van der Waals surface area contributed by atoms with Crippen molar-refractivity contribution in [2.24, 2.45) is 0 Å². The molecule has 1 rings (SSSR count). The van der Waals surface area contributed by atoms with Crippen LogP contribution >= 0.6 is 12.6 Å². The number of thiol groups is 1. The largest absolute Gasteiger partial charge is 0.507 e. The maximum atomic E-state index is 9.06. The number of aryl methyl sites for hydroxylation is 1. The van der Waals surface area contributed by atoms with E-state index in [0.29, 0.717) is 4.90 Å². The second kappa shape index (κ2) is 2.97. The molecule has 0 aromatic heterocycles. The lowest BCUT2D eigenvalue weighted by Gasteiger charge is -1.99. The van der Waals surface area contributed by atoms with Gasteiger partial charge in [0.2, 0.25) is 0 Å². The molecule has 0 heterocycles. The minimum Gasteiger partial charge on any atom is -0.507 e. The van der Waals surface area contributed by atoms with Crippen molar-refractivity contribution in [1.29, 1.82) is 0 Å². The zero-order valence-electron chi connectivity index (χ0n) is 5.83. The van der Waals surface area contributed by atoms with Crippen molar-refractivity contribution >= 4 is 12.6 Å². The summed E-state index contributed by atoms with van der Waals surface area (Å²) < 4.78 is 0.